The molecule has 0 aromatic carbocycles. The van der Waals surface area contributed by atoms with Gasteiger partial charge in [0, 0.05) is 0 Å². The van der Waals surface area contributed by atoms with Crippen LogP contribution in [-0.2, 0) is 9.59 Å². The molecule has 0 aliphatic rings. The fourth-order valence-corrected chi connectivity index (χ4v) is 0.477. The van der Waals surface area contributed by atoms with Crippen molar-refractivity contribution < 1.29 is 9.59 Å². The van der Waals surface area contributed by atoms with Gasteiger partial charge in [0.05, 0.1) is 6.42 Å². The molecule has 0 aromatic rings. The van der Waals surface area contributed by atoms with Crippen molar-refractivity contribution in [1.29, 1.82) is 0 Å². The van der Waals surface area contributed by atoms with E-state index in [1.807, 2.05) is 0 Å². The van der Waals surface area contributed by atoms with E-state index in [-0.39, 0.29) is 12.2 Å². The summed E-state index contributed by atoms with van der Waals surface area (Å²) in [7, 11) is 0. The average molecular weight is 169 g/mol. The summed E-state index contributed by atoms with van der Waals surface area (Å²) in [5, 5.41) is 0. The number of rotatable bonds is 3. The number of hydrogen-bond donors (Lipinski definition) is 0. The van der Waals surface area contributed by atoms with Crippen LogP contribution in [0, 0.1) is 0 Å². The number of Topliss-reactive ketones (excluding diaryl/α,β-unsaturated/α-hetero) is 2. The molecule has 0 amide bonds. The molecule has 0 atom stereocenters. The second-order valence-corrected chi connectivity index (χ2v) is 2.74. The summed E-state index contributed by atoms with van der Waals surface area (Å²) < 4.78 is 0. The molecule has 0 spiro atoms. The van der Waals surface area contributed by atoms with Crippen LogP contribution in [0.5, 0.6) is 0 Å². The molecule has 0 bridgehead atoms. The highest BCUT2D eigenvalue weighted by Crippen LogP contribution is 2.05. The van der Waals surface area contributed by atoms with Gasteiger partial charge >= 0.3 is 0 Å². The van der Waals surface area contributed by atoms with Crippen molar-refractivity contribution in [2.24, 2.45) is 0 Å². The van der Waals surface area contributed by atoms with Crippen LogP contribution in [0.4, 0.5) is 0 Å². The minimum Gasteiger partial charge on any atom is -0.300 e. The Morgan fingerprint density at radius 2 is 1.89 bits per heavy atom. The fourth-order valence-electron chi connectivity index (χ4n) is 0.323. The van der Waals surface area contributed by atoms with Crippen molar-refractivity contribution in [3.8, 4) is 0 Å². The molecule has 0 aliphatic carbocycles. The first-order chi connectivity index (χ1) is 4.04. The molecule has 2 nitrogen and oxygen atoms in total. The summed E-state index contributed by atoms with van der Waals surface area (Å²) in [5.41, 5.74) is 0. The molecule has 0 aliphatic heterocycles. The van der Waals surface area contributed by atoms with Crippen LogP contribution in [0.3, 0.4) is 0 Å². The van der Waals surface area contributed by atoms with Crippen LogP contribution in [0.15, 0.2) is 0 Å². The van der Waals surface area contributed by atoms with Crippen molar-refractivity contribution in [1.82, 2.24) is 0 Å². The van der Waals surface area contributed by atoms with Gasteiger partial charge in [0.1, 0.15) is 5.78 Å². The summed E-state index contributed by atoms with van der Waals surface area (Å²) in [5.74, 6) is -0.655. The number of ketones is 2. The predicted octanol–water partition coefficient (Wildman–Crippen LogP) is 1.34. The number of halogens is 2. The first-order valence-electron chi connectivity index (χ1n) is 2.34. The Bertz CT molecular complexity index is 131. The van der Waals surface area contributed by atoms with E-state index in [1.54, 1.807) is 0 Å². The second-order valence-electron chi connectivity index (χ2n) is 1.65. The Balaban J connectivity index is 3.64. The van der Waals surface area contributed by atoms with Gasteiger partial charge in [-0.05, 0) is 6.92 Å². The maximum Gasteiger partial charge on any atom is 0.172 e. The van der Waals surface area contributed by atoms with Gasteiger partial charge in [-0.15, -0.1) is 0 Å². The minimum atomic E-state index is -1.06. The summed E-state index contributed by atoms with van der Waals surface area (Å²) in [6, 6.07) is 0. The molecule has 52 valence electrons. The van der Waals surface area contributed by atoms with Crippen LogP contribution in [-0.4, -0.2) is 16.4 Å². The number of hydrogen-bond acceptors (Lipinski definition) is 2. The predicted molar refractivity (Wildman–Crippen MR) is 35.8 cm³/mol. The van der Waals surface area contributed by atoms with Crippen molar-refractivity contribution in [2.45, 2.75) is 18.2 Å². The Morgan fingerprint density at radius 3 is 2.00 bits per heavy atom. The van der Waals surface area contributed by atoms with E-state index < -0.39 is 10.6 Å². The topological polar surface area (TPSA) is 34.1 Å². The minimum absolute atomic E-state index is 0.169. The van der Waals surface area contributed by atoms with Crippen molar-refractivity contribution in [3.05, 3.63) is 0 Å². The van der Waals surface area contributed by atoms with E-state index in [0.717, 1.165) is 0 Å². The molecule has 0 radical (unpaired) electrons. The van der Waals surface area contributed by atoms with Gasteiger partial charge in [-0.2, -0.15) is 0 Å². The van der Waals surface area contributed by atoms with Gasteiger partial charge in [0.2, 0.25) is 0 Å². The van der Waals surface area contributed by atoms with Gasteiger partial charge in [0.15, 0.2) is 10.6 Å². The zero-order valence-corrected chi connectivity index (χ0v) is 6.37. The van der Waals surface area contributed by atoms with E-state index in [2.05, 4.69) is 0 Å². The SMILES string of the molecule is CC(=O)CC(=O)C(Cl)Cl. The quantitative estimate of drug-likeness (QED) is 0.471. The number of carbonyl (C=O) groups excluding carboxylic acids is 2. The van der Waals surface area contributed by atoms with Crippen molar-refractivity contribution >= 4 is 34.8 Å². The van der Waals surface area contributed by atoms with Crippen molar-refractivity contribution in [3.63, 3.8) is 0 Å². The van der Waals surface area contributed by atoms with E-state index in [4.69, 9.17) is 23.2 Å². The first-order valence-corrected chi connectivity index (χ1v) is 3.21. The van der Waals surface area contributed by atoms with E-state index in [9.17, 15) is 9.59 Å². The van der Waals surface area contributed by atoms with Gasteiger partial charge in [-0.3, -0.25) is 9.59 Å². The molecule has 0 saturated heterocycles. The van der Waals surface area contributed by atoms with E-state index >= 15 is 0 Å². The first kappa shape index (κ1) is 8.92. The molecule has 0 saturated carbocycles. The smallest absolute Gasteiger partial charge is 0.172 e. The molecular formula is C5H6Cl2O2. The van der Waals surface area contributed by atoms with Gasteiger partial charge in [0.25, 0.3) is 0 Å². The fraction of sp³-hybridized carbons (Fsp3) is 0.600. The summed E-state index contributed by atoms with van der Waals surface area (Å²) in [4.78, 5) is 19.6. The van der Waals surface area contributed by atoms with Gasteiger partial charge in [-0.25, -0.2) is 0 Å². The normalized spacial score (nSPS) is 9.78. The zero-order valence-electron chi connectivity index (χ0n) is 4.86. The molecule has 0 aromatic heterocycles. The lowest BCUT2D eigenvalue weighted by molar-refractivity contribution is -0.124. The highest BCUT2D eigenvalue weighted by molar-refractivity contribution is 6.54. The van der Waals surface area contributed by atoms with E-state index in [0.29, 0.717) is 0 Å². The molecular weight excluding hydrogens is 163 g/mol. The number of alkyl halides is 2. The Kier molecular flexibility index (Phi) is 3.82. The van der Waals surface area contributed by atoms with E-state index in [1.165, 1.54) is 6.92 Å². The van der Waals surface area contributed by atoms with Crippen molar-refractivity contribution in [2.75, 3.05) is 0 Å². The van der Waals surface area contributed by atoms with Gasteiger partial charge < -0.3 is 0 Å². The van der Waals surface area contributed by atoms with Crippen LogP contribution in [0.2, 0.25) is 0 Å². The Labute approximate surface area is 63.1 Å². The summed E-state index contributed by atoms with van der Waals surface area (Å²) in [6.45, 7) is 1.31. The third-order valence-corrected chi connectivity index (χ3v) is 1.15. The average Bonchev–Trinajstić information content (AvgIpc) is 1.63. The lowest BCUT2D eigenvalue weighted by Gasteiger charge is -1.94. The lowest BCUT2D eigenvalue weighted by Crippen LogP contribution is -2.11. The molecule has 0 rings (SSSR count). The van der Waals surface area contributed by atoms with Crippen LogP contribution >= 0.6 is 23.2 Å². The standard InChI is InChI=1S/C5H6Cl2O2/c1-3(8)2-4(9)5(6)7/h5H,2H2,1H3. The second kappa shape index (κ2) is 3.85. The van der Waals surface area contributed by atoms with Crippen LogP contribution in [0.25, 0.3) is 0 Å². The third kappa shape index (κ3) is 4.43. The molecule has 0 unspecified atom stereocenters. The molecule has 0 N–H and O–H groups in total. The van der Waals surface area contributed by atoms with Crippen LogP contribution < -0.4 is 0 Å². The van der Waals surface area contributed by atoms with Gasteiger partial charge in [-0.1, -0.05) is 23.2 Å². The molecule has 4 heteroatoms. The zero-order chi connectivity index (χ0) is 7.44. The molecule has 0 heterocycles. The number of carbonyl (C=O) groups is 2. The van der Waals surface area contributed by atoms with Crippen LogP contribution in [0.1, 0.15) is 13.3 Å². The highest BCUT2D eigenvalue weighted by Gasteiger charge is 2.12. The Morgan fingerprint density at radius 1 is 1.44 bits per heavy atom. The lowest BCUT2D eigenvalue weighted by atomic mass is 10.2. The summed E-state index contributed by atoms with van der Waals surface area (Å²) in [6.07, 6.45) is -0.169. The Hall–Kier alpha value is -0.0800. The maximum atomic E-state index is 10.5. The maximum absolute atomic E-state index is 10.5. The summed E-state index contributed by atoms with van der Waals surface area (Å²) >= 11 is 10.3. The monoisotopic (exact) mass is 168 g/mol. The molecule has 9 heavy (non-hydrogen) atoms. The largest absolute Gasteiger partial charge is 0.300 e. The third-order valence-electron chi connectivity index (χ3n) is 0.667. The highest BCUT2D eigenvalue weighted by atomic mass is 35.5. The molecule has 0 fully saturated rings.